The first-order valence-corrected chi connectivity index (χ1v) is 7.35. The van der Waals surface area contributed by atoms with Crippen molar-refractivity contribution in [3.05, 3.63) is 23.8 Å². The average molecular weight is 274 g/mol. The van der Waals surface area contributed by atoms with E-state index in [1.807, 2.05) is 0 Å². The molecule has 2 aliphatic rings. The number of nitrogens with zero attached hydrogens (tertiary/aromatic N) is 1. The molecular weight excluding hydrogens is 252 g/mol. The van der Waals surface area contributed by atoms with E-state index >= 15 is 0 Å². The van der Waals surface area contributed by atoms with Crippen molar-refractivity contribution >= 4 is 17.3 Å². The summed E-state index contributed by atoms with van der Waals surface area (Å²) in [5.41, 5.74) is 13.1. The molecule has 2 heterocycles. The van der Waals surface area contributed by atoms with E-state index in [4.69, 9.17) is 11.5 Å². The van der Waals surface area contributed by atoms with Gasteiger partial charge in [-0.05, 0) is 44.0 Å². The van der Waals surface area contributed by atoms with Gasteiger partial charge in [-0.3, -0.25) is 9.69 Å². The van der Waals surface area contributed by atoms with Crippen LogP contribution in [0.5, 0.6) is 0 Å². The lowest BCUT2D eigenvalue weighted by Gasteiger charge is -2.32. The molecule has 3 rings (SSSR count). The van der Waals surface area contributed by atoms with Crippen LogP contribution in [0.3, 0.4) is 0 Å². The standard InChI is InChI=1S/C15H22N4O/c16-10-4-5-11(12(17)9-10)15(20)18-13-6-8-19-7-2-1-3-14(13)19/h4-5,9,13-14H,1-3,6-8,16-17H2,(H,18,20). The fourth-order valence-electron chi connectivity index (χ4n) is 3.45. The maximum atomic E-state index is 12.4. The number of anilines is 2. The third-order valence-corrected chi connectivity index (χ3v) is 4.49. The molecule has 20 heavy (non-hydrogen) atoms. The topological polar surface area (TPSA) is 84.4 Å². The zero-order chi connectivity index (χ0) is 14.1. The summed E-state index contributed by atoms with van der Waals surface area (Å²) in [6, 6.07) is 5.80. The quantitative estimate of drug-likeness (QED) is 0.708. The zero-order valence-electron chi connectivity index (χ0n) is 11.6. The smallest absolute Gasteiger partial charge is 0.253 e. The molecule has 0 spiro atoms. The molecule has 5 heteroatoms. The van der Waals surface area contributed by atoms with Gasteiger partial charge < -0.3 is 16.8 Å². The van der Waals surface area contributed by atoms with E-state index in [1.54, 1.807) is 18.2 Å². The molecule has 5 N–H and O–H groups in total. The Kier molecular flexibility index (Phi) is 3.53. The Morgan fingerprint density at radius 1 is 1.20 bits per heavy atom. The molecule has 108 valence electrons. The highest BCUT2D eigenvalue weighted by atomic mass is 16.1. The monoisotopic (exact) mass is 274 g/mol. The number of nitrogens with one attached hydrogen (secondary N) is 1. The zero-order valence-corrected chi connectivity index (χ0v) is 11.6. The van der Waals surface area contributed by atoms with Crippen LogP contribution in [0.25, 0.3) is 0 Å². The Hall–Kier alpha value is -1.75. The van der Waals surface area contributed by atoms with Crippen LogP contribution in [0, 0.1) is 0 Å². The summed E-state index contributed by atoms with van der Waals surface area (Å²) in [7, 11) is 0. The Morgan fingerprint density at radius 3 is 2.85 bits per heavy atom. The lowest BCUT2D eigenvalue weighted by molar-refractivity contribution is 0.0916. The van der Waals surface area contributed by atoms with E-state index < -0.39 is 0 Å². The van der Waals surface area contributed by atoms with Gasteiger partial charge in [0.05, 0.1) is 5.56 Å². The van der Waals surface area contributed by atoms with Crippen molar-refractivity contribution in [1.29, 1.82) is 0 Å². The van der Waals surface area contributed by atoms with Crippen LogP contribution in [-0.4, -0.2) is 36.0 Å². The number of carbonyl (C=O) groups excluding carboxylic acids is 1. The second-order valence-electron chi connectivity index (χ2n) is 5.81. The first-order chi connectivity index (χ1) is 9.65. The molecule has 5 nitrogen and oxygen atoms in total. The van der Waals surface area contributed by atoms with Gasteiger partial charge >= 0.3 is 0 Å². The number of hydrogen-bond acceptors (Lipinski definition) is 4. The normalized spacial score (nSPS) is 26.2. The molecule has 0 aliphatic carbocycles. The minimum atomic E-state index is -0.0834. The van der Waals surface area contributed by atoms with Crippen LogP contribution < -0.4 is 16.8 Å². The summed E-state index contributed by atoms with van der Waals surface area (Å²) in [6.45, 7) is 2.26. The van der Waals surface area contributed by atoms with E-state index in [2.05, 4.69) is 10.2 Å². The number of hydrogen-bond donors (Lipinski definition) is 3. The lowest BCUT2D eigenvalue weighted by Crippen LogP contribution is -2.46. The number of carbonyl (C=O) groups is 1. The van der Waals surface area contributed by atoms with E-state index in [0.717, 1.165) is 13.0 Å². The summed E-state index contributed by atoms with van der Waals surface area (Å²) < 4.78 is 0. The Bertz CT molecular complexity index is 517. The van der Waals surface area contributed by atoms with Gasteiger partial charge in [-0.25, -0.2) is 0 Å². The third kappa shape index (κ3) is 2.45. The van der Waals surface area contributed by atoms with Crippen LogP contribution in [-0.2, 0) is 0 Å². The fraction of sp³-hybridized carbons (Fsp3) is 0.533. The van der Waals surface area contributed by atoms with Crippen molar-refractivity contribution < 1.29 is 4.79 Å². The molecule has 2 unspecified atom stereocenters. The van der Waals surface area contributed by atoms with Gasteiger partial charge in [-0.15, -0.1) is 0 Å². The molecule has 1 amide bonds. The van der Waals surface area contributed by atoms with E-state index in [-0.39, 0.29) is 11.9 Å². The van der Waals surface area contributed by atoms with Gasteiger partial charge in [0.1, 0.15) is 0 Å². The van der Waals surface area contributed by atoms with Crippen LogP contribution in [0.1, 0.15) is 36.0 Å². The summed E-state index contributed by atoms with van der Waals surface area (Å²) in [5.74, 6) is -0.0834. The lowest BCUT2D eigenvalue weighted by atomic mass is 9.98. The van der Waals surface area contributed by atoms with Crippen molar-refractivity contribution in [2.24, 2.45) is 0 Å². The highest BCUT2D eigenvalue weighted by Gasteiger charge is 2.36. The van der Waals surface area contributed by atoms with Crippen LogP contribution in [0.4, 0.5) is 11.4 Å². The van der Waals surface area contributed by atoms with Gasteiger partial charge in [0.15, 0.2) is 0 Å². The predicted octanol–water partition coefficient (Wildman–Crippen LogP) is 1.21. The van der Waals surface area contributed by atoms with Crippen molar-refractivity contribution in [2.75, 3.05) is 24.6 Å². The SMILES string of the molecule is Nc1ccc(C(=O)NC2CCN3CCCCC23)c(N)c1. The molecule has 2 fully saturated rings. The number of benzene rings is 1. The number of amides is 1. The average Bonchev–Trinajstić information content (AvgIpc) is 2.82. The largest absolute Gasteiger partial charge is 0.399 e. The van der Waals surface area contributed by atoms with Gasteiger partial charge in [0.25, 0.3) is 5.91 Å². The Morgan fingerprint density at radius 2 is 2.05 bits per heavy atom. The molecule has 1 aromatic carbocycles. The Balaban J connectivity index is 1.69. The van der Waals surface area contributed by atoms with Crippen LogP contribution in [0.15, 0.2) is 18.2 Å². The van der Waals surface area contributed by atoms with Gasteiger partial charge in [-0.2, -0.15) is 0 Å². The molecule has 0 aromatic heterocycles. The highest BCUT2D eigenvalue weighted by Crippen LogP contribution is 2.27. The second-order valence-corrected chi connectivity index (χ2v) is 5.81. The van der Waals surface area contributed by atoms with E-state index in [1.165, 1.54) is 25.8 Å². The molecule has 2 atom stereocenters. The molecule has 0 saturated carbocycles. The van der Waals surface area contributed by atoms with Gasteiger partial charge in [0, 0.05) is 30.0 Å². The highest BCUT2D eigenvalue weighted by molar-refractivity contribution is 5.99. The van der Waals surface area contributed by atoms with Gasteiger partial charge in [0.2, 0.25) is 0 Å². The summed E-state index contributed by atoms with van der Waals surface area (Å²) >= 11 is 0. The molecule has 2 saturated heterocycles. The molecular formula is C15H22N4O. The number of nitrogen functional groups attached to an aromatic ring is 2. The first-order valence-electron chi connectivity index (χ1n) is 7.35. The maximum Gasteiger partial charge on any atom is 0.253 e. The van der Waals surface area contributed by atoms with E-state index in [9.17, 15) is 4.79 Å². The van der Waals surface area contributed by atoms with Crippen molar-refractivity contribution in [1.82, 2.24) is 10.2 Å². The molecule has 0 bridgehead atoms. The number of fused-ring (bicyclic) bond motifs is 1. The number of piperidine rings is 1. The first kappa shape index (κ1) is 13.2. The van der Waals surface area contributed by atoms with Crippen molar-refractivity contribution in [3.63, 3.8) is 0 Å². The molecule has 1 aromatic rings. The molecule has 0 radical (unpaired) electrons. The van der Waals surface area contributed by atoms with Gasteiger partial charge in [-0.1, -0.05) is 6.42 Å². The minimum absolute atomic E-state index is 0.0834. The number of rotatable bonds is 2. The van der Waals surface area contributed by atoms with Crippen molar-refractivity contribution in [2.45, 2.75) is 37.8 Å². The summed E-state index contributed by atoms with van der Waals surface area (Å²) in [4.78, 5) is 14.9. The molecule has 2 aliphatic heterocycles. The van der Waals surface area contributed by atoms with Crippen LogP contribution in [0.2, 0.25) is 0 Å². The van der Waals surface area contributed by atoms with Crippen LogP contribution >= 0.6 is 0 Å². The summed E-state index contributed by atoms with van der Waals surface area (Å²) in [5, 5.41) is 3.15. The summed E-state index contributed by atoms with van der Waals surface area (Å²) in [6.07, 6.45) is 4.76. The Labute approximate surface area is 119 Å². The van der Waals surface area contributed by atoms with Crippen molar-refractivity contribution in [3.8, 4) is 0 Å². The second kappa shape index (κ2) is 5.32. The fourth-order valence-corrected chi connectivity index (χ4v) is 3.45. The van der Waals surface area contributed by atoms with E-state index in [0.29, 0.717) is 23.0 Å². The number of nitrogens with two attached hydrogens (primary N) is 2. The predicted molar refractivity (Wildman–Crippen MR) is 80.4 cm³/mol. The third-order valence-electron chi connectivity index (χ3n) is 4.49. The maximum absolute atomic E-state index is 12.4. The minimum Gasteiger partial charge on any atom is -0.399 e.